The highest BCUT2D eigenvalue weighted by atomic mass is 32.1. The van der Waals surface area contributed by atoms with Crippen LogP contribution in [0.15, 0.2) is 47.3 Å². The van der Waals surface area contributed by atoms with E-state index >= 15 is 0 Å². The predicted molar refractivity (Wildman–Crippen MR) is 112 cm³/mol. The van der Waals surface area contributed by atoms with Gasteiger partial charge in [0.1, 0.15) is 5.56 Å². The fourth-order valence-electron chi connectivity index (χ4n) is 3.81. The van der Waals surface area contributed by atoms with Crippen molar-refractivity contribution >= 4 is 23.2 Å². The Morgan fingerprint density at radius 1 is 1.24 bits per heavy atom. The summed E-state index contributed by atoms with van der Waals surface area (Å²) in [5.41, 5.74) is 3.83. The minimum Gasteiger partial charge on any atom is -0.462 e. The first-order valence-corrected chi connectivity index (χ1v) is 10.7. The molecule has 1 fully saturated rings. The zero-order valence-electron chi connectivity index (χ0n) is 16.5. The van der Waals surface area contributed by atoms with Crippen LogP contribution in [0, 0.1) is 6.92 Å². The highest BCUT2D eigenvalue weighted by molar-refractivity contribution is 7.08. The average molecular weight is 410 g/mol. The van der Waals surface area contributed by atoms with Crippen molar-refractivity contribution in [3.8, 4) is 5.69 Å². The lowest BCUT2D eigenvalue weighted by atomic mass is 10.1. The maximum Gasteiger partial charge on any atom is 0.341 e. The lowest BCUT2D eigenvalue weighted by Crippen LogP contribution is -2.30. The molecule has 1 saturated heterocycles. The first-order valence-electron chi connectivity index (χ1n) is 9.75. The van der Waals surface area contributed by atoms with E-state index in [2.05, 4.69) is 21.9 Å². The Bertz CT molecular complexity index is 1010. The van der Waals surface area contributed by atoms with Gasteiger partial charge in [0.05, 0.1) is 30.2 Å². The molecule has 1 aliphatic rings. The molecule has 0 aliphatic carbocycles. The molecule has 6 nitrogen and oxygen atoms in total. The number of likely N-dealkylation sites (tertiary alicyclic amines) is 1. The van der Waals surface area contributed by atoms with E-state index in [-0.39, 0.29) is 17.9 Å². The quantitative estimate of drug-likeness (QED) is 0.586. The molecule has 3 heterocycles. The summed E-state index contributed by atoms with van der Waals surface area (Å²) >= 11 is 1.66. The van der Waals surface area contributed by atoms with Crippen molar-refractivity contribution in [2.45, 2.75) is 32.7 Å². The molecule has 1 atom stereocenters. The van der Waals surface area contributed by atoms with Crippen molar-refractivity contribution in [1.29, 1.82) is 0 Å². The number of esters is 1. The molecule has 29 heavy (non-hydrogen) atoms. The third-order valence-corrected chi connectivity index (χ3v) is 6.01. The molecule has 2 aromatic heterocycles. The van der Waals surface area contributed by atoms with Gasteiger partial charge in [-0.25, -0.2) is 9.48 Å². The number of hydrogen-bond acceptors (Lipinski definition) is 5. The Labute approximate surface area is 173 Å². The standard InChI is InChI=1S/C22H23N3O3S/c1-3-28-22(27)19-13-23-25(15(19)2)18-8-6-16(7-9-18)21(26)24-11-4-5-20(24)17-10-12-29-14-17/h6-10,12-14,20H,3-5,11H2,1-2H3/t20-/m0/s1. The van der Waals surface area contributed by atoms with Gasteiger partial charge in [-0.2, -0.15) is 16.4 Å². The van der Waals surface area contributed by atoms with E-state index in [4.69, 9.17) is 4.74 Å². The summed E-state index contributed by atoms with van der Waals surface area (Å²) < 4.78 is 6.75. The molecule has 0 bridgehead atoms. The van der Waals surface area contributed by atoms with Crippen LogP contribution in [0.2, 0.25) is 0 Å². The molecule has 0 unspecified atom stereocenters. The minimum absolute atomic E-state index is 0.0506. The molecule has 1 amide bonds. The summed E-state index contributed by atoms with van der Waals surface area (Å²) in [5, 5.41) is 8.49. The summed E-state index contributed by atoms with van der Waals surface area (Å²) in [6.45, 7) is 4.70. The zero-order valence-corrected chi connectivity index (χ0v) is 17.3. The van der Waals surface area contributed by atoms with Gasteiger partial charge in [-0.1, -0.05) is 0 Å². The molecule has 4 rings (SSSR count). The lowest BCUT2D eigenvalue weighted by Gasteiger charge is -2.24. The van der Waals surface area contributed by atoms with Gasteiger partial charge in [-0.05, 0) is 73.3 Å². The second kappa shape index (κ2) is 8.21. The fraction of sp³-hybridized carbons (Fsp3) is 0.318. The average Bonchev–Trinajstić information content (AvgIpc) is 3.48. The molecule has 7 heteroatoms. The highest BCUT2D eigenvalue weighted by Gasteiger charge is 2.30. The van der Waals surface area contributed by atoms with Crippen LogP contribution in [0.1, 0.15) is 57.8 Å². The van der Waals surface area contributed by atoms with Gasteiger partial charge >= 0.3 is 5.97 Å². The maximum absolute atomic E-state index is 13.1. The Morgan fingerprint density at radius 3 is 2.72 bits per heavy atom. The van der Waals surface area contributed by atoms with Crippen molar-refractivity contribution in [3.05, 3.63) is 69.7 Å². The van der Waals surface area contributed by atoms with Gasteiger partial charge < -0.3 is 9.64 Å². The fourth-order valence-corrected chi connectivity index (χ4v) is 4.52. The number of hydrogen-bond donors (Lipinski definition) is 0. The number of benzene rings is 1. The van der Waals surface area contributed by atoms with Crippen molar-refractivity contribution in [3.63, 3.8) is 0 Å². The molecule has 0 N–H and O–H groups in total. The largest absolute Gasteiger partial charge is 0.462 e. The first kappa shape index (κ1) is 19.4. The van der Waals surface area contributed by atoms with Crippen molar-refractivity contribution in [2.24, 2.45) is 0 Å². The highest BCUT2D eigenvalue weighted by Crippen LogP contribution is 2.34. The van der Waals surface area contributed by atoms with Crippen LogP contribution in [0.25, 0.3) is 5.69 Å². The molecule has 1 aliphatic heterocycles. The van der Waals surface area contributed by atoms with Crippen molar-refractivity contribution in [1.82, 2.24) is 14.7 Å². The molecule has 1 aromatic carbocycles. The Kier molecular flexibility index (Phi) is 5.49. The van der Waals surface area contributed by atoms with Gasteiger partial charge in [-0.3, -0.25) is 4.79 Å². The van der Waals surface area contributed by atoms with Crippen LogP contribution >= 0.6 is 11.3 Å². The third-order valence-electron chi connectivity index (χ3n) is 5.31. The first-order chi connectivity index (χ1) is 14.1. The number of carbonyl (C=O) groups is 2. The van der Waals surface area contributed by atoms with Crippen LogP contribution in [-0.2, 0) is 4.74 Å². The second-order valence-electron chi connectivity index (χ2n) is 7.04. The third kappa shape index (κ3) is 3.70. The van der Waals surface area contributed by atoms with Crippen LogP contribution in [0.3, 0.4) is 0 Å². The molecule has 0 radical (unpaired) electrons. The smallest absolute Gasteiger partial charge is 0.341 e. The summed E-state index contributed by atoms with van der Waals surface area (Å²) in [6, 6.07) is 9.63. The summed E-state index contributed by atoms with van der Waals surface area (Å²) in [4.78, 5) is 27.0. The van der Waals surface area contributed by atoms with Crippen molar-refractivity contribution in [2.75, 3.05) is 13.2 Å². The molecule has 0 spiro atoms. The van der Waals surface area contributed by atoms with E-state index in [1.165, 1.54) is 11.8 Å². The molecular weight excluding hydrogens is 386 g/mol. The van der Waals surface area contributed by atoms with Gasteiger partial charge in [0.25, 0.3) is 5.91 Å². The van der Waals surface area contributed by atoms with Crippen LogP contribution in [0.5, 0.6) is 0 Å². The maximum atomic E-state index is 13.1. The van der Waals surface area contributed by atoms with Crippen LogP contribution in [-0.4, -0.2) is 39.7 Å². The monoisotopic (exact) mass is 409 g/mol. The Hall–Kier alpha value is -2.93. The summed E-state index contributed by atoms with van der Waals surface area (Å²) in [6.07, 6.45) is 3.54. The summed E-state index contributed by atoms with van der Waals surface area (Å²) in [7, 11) is 0. The van der Waals surface area contributed by atoms with Gasteiger partial charge in [0.15, 0.2) is 0 Å². The van der Waals surface area contributed by atoms with Gasteiger partial charge in [-0.15, -0.1) is 0 Å². The number of rotatable bonds is 5. The van der Waals surface area contributed by atoms with E-state index < -0.39 is 0 Å². The number of ether oxygens (including phenoxy) is 1. The molecule has 3 aromatic rings. The minimum atomic E-state index is -0.378. The molecule has 0 saturated carbocycles. The number of aromatic nitrogens is 2. The van der Waals surface area contributed by atoms with E-state index in [1.807, 2.05) is 36.1 Å². The van der Waals surface area contributed by atoms with E-state index in [9.17, 15) is 9.59 Å². The van der Waals surface area contributed by atoms with Crippen LogP contribution in [0.4, 0.5) is 0 Å². The number of amides is 1. The number of thiophene rings is 1. The van der Waals surface area contributed by atoms with Crippen LogP contribution < -0.4 is 0 Å². The Morgan fingerprint density at radius 2 is 2.03 bits per heavy atom. The van der Waals surface area contributed by atoms with Crippen molar-refractivity contribution < 1.29 is 14.3 Å². The van der Waals surface area contributed by atoms with E-state index in [0.29, 0.717) is 23.4 Å². The SMILES string of the molecule is CCOC(=O)c1cnn(-c2ccc(C(=O)N3CCC[C@H]3c3ccsc3)cc2)c1C. The number of nitrogens with zero attached hydrogens (tertiary/aromatic N) is 3. The lowest BCUT2D eigenvalue weighted by molar-refractivity contribution is 0.0525. The number of carbonyl (C=O) groups excluding carboxylic acids is 2. The molecular formula is C22H23N3O3S. The normalized spacial score (nSPS) is 16.2. The van der Waals surface area contributed by atoms with Gasteiger partial charge in [0.2, 0.25) is 0 Å². The zero-order chi connectivity index (χ0) is 20.4. The summed E-state index contributed by atoms with van der Waals surface area (Å²) in [5.74, 6) is -0.328. The van der Waals surface area contributed by atoms with E-state index in [0.717, 1.165) is 25.1 Å². The molecule has 150 valence electrons. The van der Waals surface area contributed by atoms with E-state index in [1.54, 1.807) is 22.9 Å². The Balaban J connectivity index is 1.54. The van der Waals surface area contributed by atoms with Gasteiger partial charge in [0, 0.05) is 12.1 Å². The second-order valence-corrected chi connectivity index (χ2v) is 7.82. The topological polar surface area (TPSA) is 64.4 Å². The predicted octanol–water partition coefficient (Wildman–Crippen LogP) is 4.40.